The van der Waals surface area contributed by atoms with Gasteiger partial charge in [-0.15, -0.1) is 0 Å². The molecule has 0 aliphatic carbocycles. The number of allylic oxidation sites excluding steroid dienone is 26. The first-order valence-corrected chi connectivity index (χ1v) is 34.0. The molecular weight excluding hydrogens is 1020 g/mol. The van der Waals surface area contributed by atoms with Gasteiger partial charge in [0.2, 0.25) is 0 Å². The Hall–Kier alpha value is -4.97. The first-order valence-electron chi connectivity index (χ1n) is 34.0. The number of unbranched alkanes of at least 4 members (excludes halogenated alkanes) is 23. The number of carbonyl (C=O) groups is 3. The molecule has 0 aromatic carbocycles. The molecule has 0 rings (SSSR count). The van der Waals surface area contributed by atoms with Crippen molar-refractivity contribution in [1.29, 1.82) is 0 Å². The fourth-order valence-corrected chi connectivity index (χ4v) is 9.01. The molecule has 1 atom stereocenters. The minimum absolute atomic E-state index is 0.0929. The minimum Gasteiger partial charge on any atom is -0.462 e. The van der Waals surface area contributed by atoms with Crippen molar-refractivity contribution in [3.8, 4) is 0 Å². The Morgan fingerprint density at radius 3 is 0.747 bits per heavy atom. The van der Waals surface area contributed by atoms with Crippen molar-refractivity contribution in [3.63, 3.8) is 0 Å². The molecule has 0 aliphatic heterocycles. The molecule has 6 heteroatoms. The van der Waals surface area contributed by atoms with Crippen LogP contribution < -0.4 is 0 Å². The second kappa shape index (κ2) is 69.5. The van der Waals surface area contributed by atoms with E-state index in [4.69, 9.17) is 14.2 Å². The molecule has 0 N–H and O–H groups in total. The van der Waals surface area contributed by atoms with E-state index < -0.39 is 6.10 Å². The summed E-state index contributed by atoms with van der Waals surface area (Å²) in [4.78, 5) is 38.0. The smallest absolute Gasteiger partial charge is 0.306 e. The zero-order valence-electron chi connectivity index (χ0n) is 53.7. The minimum atomic E-state index is -0.795. The van der Waals surface area contributed by atoms with Gasteiger partial charge in [0.1, 0.15) is 13.2 Å². The van der Waals surface area contributed by atoms with Crippen LogP contribution in [0.15, 0.2) is 158 Å². The quantitative estimate of drug-likeness (QED) is 0.0261. The number of hydrogen-bond acceptors (Lipinski definition) is 6. The average Bonchev–Trinajstić information content (AvgIpc) is 3.49. The van der Waals surface area contributed by atoms with Gasteiger partial charge < -0.3 is 14.2 Å². The molecule has 0 amide bonds. The van der Waals surface area contributed by atoms with E-state index >= 15 is 0 Å². The number of ether oxygens (including phenoxy) is 3. The third-order valence-electron chi connectivity index (χ3n) is 14.0. The molecule has 0 bridgehead atoms. The predicted molar refractivity (Wildman–Crippen MR) is 362 cm³/mol. The van der Waals surface area contributed by atoms with Crippen LogP contribution in [-0.4, -0.2) is 37.2 Å². The van der Waals surface area contributed by atoms with Gasteiger partial charge in [-0.1, -0.05) is 301 Å². The van der Waals surface area contributed by atoms with Crippen molar-refractivity contribution in [2.24, 2.45) is 0 Å². The molecule has 468 valence electrons. The Labute approximate surface area is 511 Å². The van der Waals surface area contributed by atoms with Crippen molar-refractivity contribution in [1.82, 2.24) is 0 Å². The van der Waals surface area contributed by atoms with Gasteiger partial charge in [0.05, 0.1) is 0 Å². The number of esters is 3. The lowest BCUT2D eigenvalue weighted by atomic mass is 10.0. The van der Waals surface area contributed by atoms with Crippen LogP contribution in [0.1, 0.15) is 290 Å². The second-order valence-corrected chi connectivity index (χ2v) is 22.0. The summed E-state index contributed by atoms with van der Waals surface area (Å²) in [6, 6.07) is 0. The lowest BCUT2D eigenvalue weighted by Crippen LogP contribution is -2.30. The van der Waals surface area contributed by atoms with Crippen molar-refractivity contribution in [2.75, 3.05) is 13.2 Å². The summed E-state index contributed by atoms with van der Waals surface area (Å²) in [5.74, 6) is -0.941. The van der Waals surface area contributed by atoms with Crippen LogP contribution in [-0.2, 0) is 28.6 Å². The van der Waals surface area contributed by atoms with Gasteiger partial charge in [0.25, 0.3) is 0 Å². The van der Waals surface area contributed by atoms with Crippen LogP contribution in [0.25, 0.3) is 0 Å². The highest BCUT2D eigenvalue weighted by Gasteiger charge is 2.19. The highest BCUT2D eigenvalue weighted by atomic mass is 16.6. The van der Waals surface area contributed by atoms with Gasteiger partial charge in [0.15, 0.2) is 6.10 Å². The zero-order chi connectivity index (χ0) is 59.9. The second-order valence-electron chi connectivity index (χ2n) is 22.0. The maximum atomic E-state index is 12.9. The van der Waals surface area contributed by atoms with E-state index in [-0.39, 0.29) is 31.1 Å². The third-order valence-corrected chi connectivity index (χ3v) is 14.0. The standard InChI is InChI=1S/C77H124O6/c1-4-7-10-13-15-17-19-21-23-25-27-29-31-33-35-37-38-40-41-43-45-47-49-51-53-55-57-59-61-64-67-70-76(79)82-73-74(72-81-75(78)69-66-63-12-9-6-3)83-77(80)71-68-65-62-60-58-56-54-52-50-48-46-44-42-39-36-34-32-30-28-26-24-22-20-18-16-14-11-8-5-2/h7-8,10-11,15-18,21-24,27-30,33,35,38,40,43,45,49,51,55,57,74H,4-6,9,12-14,19-20,25-26,31-32,34,36-37,39,41-42,44,46-48,50,52-54,56,58-73H2,1-3H3/b10-7-,11-8-,17-15-,18-16-,23-21-,24-22-,29-27-,30-28-,35-33-,40-38-,45-43-,51-49-,57-55-. The number of rotatable bonds is 60. The van der Waals surface area contributed by atoms with E-state index in [1.165, 1.54) is 89.9 Å². The lowest BCUT2D eigenvalue weighted by Gasteiger charge is -2.18. The Morgan fingerprint density at radius 1 is 0.253 bits per heavy atom. The van der Waals surface area contributed by atoms with Gasteiger partial charge >= 0.3 is 17.9 Å². The van der Waals surface area contributed by atoms with Gasteiger partial charge in [-0.05, 0) is 128 Å². The van der Waals surface area contributed by atoms with Crippen LogP contribution in [0.2, 0.25) is 0 Å². The largest absolute Gasteiger partial charge is 0.462 e. The van der Waals surface area contributed by atoms with Gasteiger partial charge in [-0.25, -0.2) is 0 Å². The summed E-state index contributed by atoms with van der Waals surface area (Å²) in [6.45, 7) is 6.31. The summed E-state index contributed by atoms with van der Waals surface area (Å²) in [6.07, 6.45) is 102. The third kappa shape index (κ3) is 67.7. The summed E-state index contributed by atoms with van der Waals surface area (Å²) in [5, 5.41) is 0. The molecule has 0 aromatic heterocycles. The van der Waals surface area contributed by atoms with Crippen LogP contribution >= 0.6 is 0 Å². The van der Waals surface area contributed by atoms with E-state index in [9.17, 15) is 14.4 Å². The van der Waals surface area contributed by atoms with Crippen molar-refractivity contribution in [2.45, 2.75) is 297 Å². The maximum Gasteiger partial charge on any atom is 0.306 e. The summed E-state index contributed by atoms with van der Waals surface area (Å²) in [7, 11) is 0. The molecule has 0 aromatic rings. The number of carbonyl (C=O) groups excluding carboxylic acids is 3. The first kappa shape index (κ1) is 78.0. The van der Waals surface area contributed by atoms with Crippen LogP contribution in [0.3, 0.4) is 0 Å². The molecule has 0 saturated heterocycles. The Balaban J connectivity index is 4.11. The highest BCUT2D eigenvalue weighted by molar-refractivity contribution is 5.71. The summed E-state index contributed by atoms with van der Waals surface area (Å²) in [5.41, 5.74) is 0. The molecule has 0 heterocycles. The molecular formula is C77H124O6. The molecule has 0 spiro atoms. The van der Waals surface area contributed by atoms with Gasteiger partial charge in [-0.2, -0.15) is 0 Å². The van der Waals surface area contributed by atoms with Crippen molar-refractivity contribution in [3.05, 3.63) is 158 Å². The van der Waals surface area contributed by atoms with Crippen molar-refractivity contribution >= 4 is 17.9 Å². The lowest BCUT2D eigenvalue weighted by molar-refractivity contribution is -0.167. The average molecular weight is 1150 g/mol. The topological polar surface area (TPSA) is 78.9 Å². The summed E-state index contributed by atoms with van der Waals surface area (Å²) < 4.78 is 16.8. The molecule has 6 nitrogen and oxygen atoms in total. The molecule has 83 heavy (non-hydrogen) atoms. The fraction of sp³-hybridized carbons (Fsp3) is 0.623. The van der Waals surface area contributed by atoms with E-state index in [0.717, 1.165) is 161 Å². The zero-order valence-corrected chi connectivity index (χ0v) is 53.7. The fourth-order valence-electron chi connectivity index (χ4n) is 9.01. The SMILES string of the molecule is CC/C=C\C/C=C\C/C=C\C/C=C\C/C=C\C/C=C\C/C=C\C/C=C\C/C=C\CCCCCC(=O)OCC(COC(=O)CCCCCCC)OC(=O)CCCCCCCCCCCCCCCCCC/C=C\C/C=C\C/C=C\C/C=C\CC. The van der Waals surface area contributed by atoms with Gasteiger partial charge in [0, 0.05) is 19.3 Å². The molecule has 0 saturated carbocycles. The van der Waals surface area contributed by atoms with Crippen LogP contribution in [0.4, 0.5) is 0 Å². The van der Waals surface area contributed by atoms with Crippen LogP contribution in [0, 0.1) is 0 Å². The van der Waals surface area contributed by atoms with E-state index in [2.05, 4.69) is 179 Å². The predicted octanol–water partition coefficient (Wildman–Crippen LogP) is 23.7. The van der Waals surface area contributed by atoms with Crippen molar-refractivity contribution < 1.29 is 28.6 Å². The molecule has 1 unspecified atom stereocenters. The van der Waals surface area contributed by atoms with Gasteiger partial charge in [-0.3, -0.25) is 14.4 Å². The molecule has 0 fully saturated rings. The monoisotopic (exact) mass is 1140 g/mol. The Morgan fingerprint density at radius 2 is 0.470 bits per heavy atom. The molecule has 0 radical (unpaired) electrons. The highest BCUT2D eigenvalue weighted by Crippen LogP contribution is 2.16. The first-order chi connectivity index (χ1) is 41.0. The Bertz CT molecular complexity index is 1840. The Kier molecular flexibility index (Phi) is 65.4. The normalized spacial score (nSPS) is 13.1. The van der Waals surface area contributed by atoms with E-state index in [0.29, 0.717) is 19.3 Å². The number of hydrogen-bond donors (Lipinski definition) is 0. The van der Waals surface area contributed by atoms with E-state index in [1.807, 2.05) is 0 Å². The van der Waals surface area contributed by atoms with E-state index in [1.54, 1.807) is 0 Å². The summed E-state index contributed by atoms with van der Waals surface area (Å²) >= 11 is 0. The van der Waals surface area contributed by atoms with Crippen LogP contribution in [0.5, 0.6) is 0 Å². The maximum absolute atomic E-state index is 12.9. The molecule has 0 aliphatic rings.